The molecule has 2 aromatic carbocycles. The highest BCUT2D eigenvalue weighted by Crippen LogP contribution is 2.30. The first kappa shape index (κ1) is 13.9. The molecule has 0 radical (unpaired) electrons. The van der Waals surface area contributed by atoms with Crippen LogP contribution in [0.1, 0.15) is 19.4 Å². The lowest BCUT2D eigenvalue weighted by molar-refractivity contribution is 0.481. The number of nitrogens with two attached hydrogens (primary N) is 2. The van der Waals surface area contributed by atoms with Gasteiger partial charge in [0.2, 0.25) is 0 Å². The van der Waals surface area contributed by atoms with Gasteiger partial charge in [-0.15, -0.1) is 0 Å². The van der Waals surface area contributed by atoms with Crippen molar-refractivity contribution >= 4 is 11.4 Å². The fourth-order valence-electron chi connectivity index (χ4n) is 1.47. The van der Waals surface area contributed by atoms with Gasteiger partial charge in [0, 0.05) is 5.69 Å². The Morgan fingerprint density at radius 1 is 0.889 bits per heavy atom. The summed E-state index contributed by atoms with van der Waals surface area (Å²) in [7, 11) is 0. The van der Waals surface area contributed by atoms with Crippen LogP contribution in [-0.4, -0.2) is 0 Å². The van der Waals surface area contributed by atoms with Crippen molar-refractivity contribution in [1.82, 2.24) is 0 Å². The molecule has 0 saturated carbocycles. The van der Waals surface area contributed by atoms with Gasteiger partial charge in [-0.1, -0.05) is 26.0 Å². The van der Waals surface area contributed by atoms with E-state index in [0.29, 0.717) is 17.1 Å². The standard InChI is InChI=1S/C13H14N2O.C2H6/c1-9-3-2-4-12(15)13(9)16-11-7-5-10(14)6-8-11;1-2/h2-8H,14-15H2,1H3;1-2H3. The number of anilines is 2. The molecule has 2 rings (SSSR count). The Morgan fingerprint density at radius 3 is 2.06 bits per heavy atom. The monoisotopic (exact) mass is 244 g/mol. The van der Waals surface area contributed by atoms with Crippen LogP contribution in [0.2, 0.25) is 0 Å². The molecule has 0 unspecified atom stereocenters. The van der Waals surface area contributed by atoms with Gasteiger partial charge >= 0.3 is 0 Å². The molecular weight excluding hydrogens is 224 g/mol. The molecule has 96 valence electrons. The molecule has 0 aliphatic heterocycles. The third-order valence-corrected chi connectivity index (χ3v) is 2.34. The summed E-state index contributed by atoms with van der Waals surface area (Å²) < 4.78 is 5.71. The molecule has 0 aliphatic carbocycles. The van der Waals surface area contributed by atoms with E-state index in [2.05, 4.69) is 0 Å². The van der Waals surface area contributed by atoms with E-state index in [1.165, 1.54) is 0 Å². The van der Waals surface area contributed by atoms with Gasteiger partial charge in [-0.2, -0.15) is 0 Å². The molecule has 18 heavy (non-hydrogen) atoms. The van der Waals surface area contributed by atoms with E-state index in [1.807, 2.05) is 51.1 Å². The van der Waals surface area contributed by atoms with Crippen molar-refractivity contribution in [2.45, 2.75) is 20.8 Å². The number of hydrogen-bond donors (Lipinski definition) is 2. The molecule has 0 amide bonds. The van der Waals surface area contributed by atoms with Crippen molar-refractivity contribution in [3.63, 3.8) is 0 Å². The summed E-state index contributed by atoms with van der Waals surface area (Å²) in [5.74, 6) is 1.43. The number of ether oxygens (including phenoxy) is 1. The molecule has 0 aromatic heterocycles. The first-order chi connectivity index (χ1) is 8.66. The molecule has 4 N–H and O–H groups in total. The lowest BCUT2D eigenvalue weighted by Crippen LogP contribution is -1.94. The Balaban J connectivity index is 0.000000771. The van der Waals surface area contributed by atoms with Crippen LogP contribution in [-0.2, 0) is 0 Å². The summed E-state index contributed by atoms with van der Waals surface area (Å²) in [5.41, 5.74) is 13.8. The number of hydrogen-bond acceptors (Lipinski definition) is 3. The summed E-state index contributed by atoms with van der Waals surface area (Å²) in [6, 6.07) is 12.9. The zero-order valence-electron chi connectivity index (χ0n) is 11.1. The van der Waals surface area contributed by atoms with Crippen molar-refractivity contribution in [1.29, 1.82) is 0 Å². The molecule has 0 fully saturated rings. The molecule has 3 heteroatoms. The number of benzene rings is 2. The van der Waals surface area contributed by atoms with Gasteiger partial charge in [-0.3, -0.25) is 0 Å². The number of nitrogen functional groups attached to an aromatic ring is 2. The average Bonchev–Trinajstić information content (AvgIpc) is 2.39. The van der Waals surface area contributed by atoms with Crippen molar-refractivity contribution < 1.29 is 4.74 Å². The summed E-state index contributed by atoms with van der Waals surface area (Å²) in [4.78, 5) is 0. The second kappa shape index (κ2) is 6.55. The Hall–Kier alpha value is -2.16. The zero-order valence-corrected chi connectivity index (χ0v) is 11.1. The third-order valence-electron chi connectivity index (χ3n) is 2.34. The van der Waals surface area contributed by atoms with Crippen LogP contribution in [0.3, 0.4) is 0 Å². The summed E-state index contributed by atoms with van der Waals surface area (Å²) in [6.07, 6.45) is 0. The summed E-state index contributed by atoms with van der Waals surface area (Å²) in [5, 5.41) is 0. The predicted octanol–water partition coefficient (Wildman–Crippen LogP) is 3.98. The van der Waals surface area contributed by atoms with Crippen molar-refractivity contribution in [2.75, 3.05) is 11.5 Å². The number of aryl methyl sites for hydroxylation is 1. The largest absolute Gasteiger partial charge is 0.455 e. The Morgan fingerprint density at radius 2 is 1.50 bits per heavy atom. The Kier molecular flexibility index (Phi) is 5.06. The van der Waals surface area contributed by atoms with E-state index in [0.717, 1.165) is 11.3 Å². The fourth-order valence-corrected chi connectivity index (χ4v) is 1.47. The first-order valence-electron chi connectivity index (χ1n) is 6.05. The Bertz CT molecular complexity index is 472. The van der Waals surface area contributed by atoms with E-state index in [4.69, 9.17) is 16.2 Å². The SMILES string of the molecule is CC.Cc1cccc(N)c1Oc1ccc(N)cc1. The Labute approximate surface area is 108 Å². The fraction of sp³-hybridized carbons (Fsp3) is 0.200. The van der Waals surface area contributed by atoms with Crippen LogP contribution < -0.4 is 16.2 Å². The molecule has 0 heterocycles. The van der Waals surface area contributed by atoms with E-state index in [1.54, 1.807) is 12.1 Å². The molecular formula is C15H20N2O. The second-order valence-electron chi connectivity index (χ2n) is 3.66. The van der Waals surface area contributed by atoms with Crippen LogP contribution in [0.5, 0.6) is 11.5 Å². The van der Waals surface area contributed by atoms with Gasteiger partial charge < -0.3 is 16.2 Å². The normalized spacial score (nSPS) is 9.28. The molecule has 2 aromatic rings. The molecule has 0 aliphatic rings. The number of rotatable bonds is 2. The van der Waals surface area contributed by atoms with Crippen LogP contribution in [0.25, 0.3) is 0 Å². The maximum atomic E-state index is 5.85. The molecule has 0 bridgehead atoms. The maximum Gasteiger partial charge on any atom is 0.153 e. The van der Waals surface area contributed by atoms with Gasteiger partial charge in [0.15, 0.2) is 5.75 Å². The zero-order chi connectivity index (χ0) is 13.5. The predicted molar refractivity (Wildman–Crippen MR) is 77.9 cm³/mol. The highest BCUT2D eigenvalue weighted by Gasteiger charge is 2.04. The number of para-hydroxylation sites is 1. The molecule has 3 nitrogen and oxygen atoms in total. The summed E-state index contributed by atoms with van der Waals surface area (Å²) in [6.45, 7) is 5.96. The third kappa shape index (κ3) is 3.42. The first-order valence-corrected chi connectivity index (χ1v) is 6.05. The van der Waals surface area contributed by atoms with Gasteiger partial charge in [-0.05, 0) is 42.8 Å². The topological polar surface area (TPSA) is 61.3 Å². The van der Waals surface area contributed by atoms with E-state index < -0.39 is 0 Å². The van der Waals surface area contributed by atoms with E-state index >= 15 is 0 Å². The lowest BCUT2D eigenvalue weighted by Gasteiger charge is -2.11. The van der Waals surface area contributed by atoms with Gasteiger partial charge in [-0.25, -0.2) is 0 Å². The van der Waals surface area contributed by atoms with Crippen molar-refractivity contribution in [3.8, 4) is 11.5 Å². The van der Waals surface area contributed by atoms with E-state index in [9.17, 15) is 0 Å². The quantitative estimate of drug-likeness (QED) is 0.785. The van der Waals surface area contributed by atoms with Gasteiger partial charge in [0.05, 0.1) is 5.69 Å². The van der Waals surface area contributed by atoms with E-state index in [-0.39, 0.29) is 0 Å². The molecule has 0 saturated heterocycles. The van der Waals surface area contributed by atoms with Crippen LogP contribution >= 0.6 is 0 Å². The lowest BCUT2D eigenvalue weighted by atomic mass is 10.2. The van der Waals surface area contributed by atoms with Gasteiger partial charge in [0.1, 0.15) is 5.75 Å². The van der Waals surface area contributed by atoms with Crippen LogP contribution in [0, 0.1) is 6.92 Å². The van der Waals surface area contributed by atoms with Crippen LogP contribution in [0.15, 0.2) is 42.5 Å². The van der Waals surface area contributed by atoms with Crippen molar-refractivity contribution in [3.05, 3.63) is 48.0 Å². The minimum atomic E-state index is 0.636. The molecule has 0 spiro atoms. The summed E-state index contributed by atoms with van der Waals surface area (Å²) >= 11 is 0. The highest BCUT2D eigenvalue weighted by atomic mass is 16.5. The molecule has 0 atom stereocenters. The van der Waals surface area contributed by atoms with Crippen LogP contribution in [0.4, 0.5) is 11.4 Å². The van der Waals surface area contributed by atoms with Gasteiger partial charge in [0.25, 0.3) is 0 Å². The minimum absolute atomic E-state index is 0.636. The smallest absolute Gasteiger partial charge is 0.153 e. The second-order valence-corrected chi connectivity index (χ2v) is 3.66. The highest BCUT2D eigenvalue weighted by molar-refractivity contribution is 5.58. The average molecular weight is 244 g/mol. The minimum Gasteiger partial charge on any atom is -0.455 e. The van der Waals surface area contributed by atoms with Crippen molar-refractivity contribution in [2.24, 2.45) is 0 Å². The maximum absolute atomic E-state index is 5.85.